The molecule has 106 valence electrons. The van der Waals surface area contributed by atoms with E-state index in [0.717, 1.165) is 35.5 Å². The molecule has 0 aromatic carbocycles. The van der Waals surface area contributed by atoms with Crippen LogP contribution < -0.4 is 0 Å². The Morgan fingerprint density at radius 2 is 1.00 bits per heavy atom. The fraction of sp³-hybridized carbons (Fsp3) is 0.895. The average molecular weight is 258 g/mol. The van der Waals surface area contributed by atoms with Gasteiger partial charge in [-0.15, -0.1) is 0 Å². The predicted molar refractivity (Wildman–Crippen MR) is 80.9 cm³/mol. The number of hydrogen-bond donors (Lipinski definition) is 0. The van der Waals surface area contributed by atoms with Gasteiger partial charge in [-0.3, -0.25) is 0 Å². The maximum atomic E-state index is 4.35. The van der Waals surface area contributed by atoms with E-state index < -0.39 is 0 Å². The van der Waals surface area contributed by atoms with Crippen molar-refractivity contribution in [1.82, 2.24) is 0 Å². The fourth-order valence-electron chi connectivity index (χ4n) is 6.67. The van der Waals surface area contributed by atoms with Crippen LogP contribution in [0.25, 0.3) is 0 Å². The van der Waals surface area contributed by atoms with Gasteiger partial charge in [0.05, 0.1) is 0 Å². The van der Waals surface area contributed by atoms with Crippen molar-refractivity contribution in [2.75, 3.05) is 0 Å². The molecule has 0 saturated heterocycles. The Morgan fingerprint density at radius 3 is 1.53 bits per heavy atom. The molecule has 19 heavy (non-hydrogen) atoms. The van der Waals surface area contributed by atoms with Crippen LogP contribution in [-0.2, 0) is 0 Å². The molecule has 0 aliphatic heterocycles. The molecule has 0 spiro atoms. The predicted octanol–water partition coefficient (Wildman–Crippen LogP) is 5.59. The Hall–Kier alpha value is -0.260. The van der Waals surface area contributed by atoms with E-state index >= 15 is 0 Å². The minimum atomic E-state index is 1.05. The number of fused-ring (bicyclic) bond motifs is 6. The van der Waals surface area contributed by atoms with E-state index in [9.17, 15) is 0 Å². The summed E-state index contributed by atoms with van der Waals surface area (Å²) in [5, 5.41) is 0. The first-order chi connectivity index (χ1) is 9.34. The zero-order valence-electron chi connectivity index (χ0n) is 12.4. The molecular formula is C19H30. The van der Waals surface area contributed by atoms with Crippen molar-refractivity contribution in [3.8, 4) is 0 Å². The van der Waals surface area contributed by atoms with Crippen LogP contribution in [0.4, 0.5) is 0 Å². The molecule has 4 aliphatic rings. The highest BCUT2D eigenvalue weighted by Crippen LogP contribution is 2.59. The van der Waals surface area contributed by atoms with Gasteiger partial charge in [0, 0.05) is 0 Å². The van der Waals surface area contributed by atoms with E-state index in [1.165, 1.54) is 44.9 Å². The number of hydrogen-bond acceptors (Lipinski definition) is 0. The van der Waals surface area contributed by atoms with Crippen LogP contribution in [0.3, 0.4) is 0 Å². The molecule has 0 N–H and O–H groups in total. The molecule has 0 aromatic heterocycles. The summed E-state index contributed by atoms with van der Waals surface area (Å²) in [5.74, 6) is 6.60. The molecule has 0 heterocycles. The Balaban J connectivity index is 1.65. The summed E-state index contributed by atoms with van der Waals surface area (Å²) in [4.78, 5) is 0. The Morgan fingerprint density at radius 1 is 0.579 bits per heavy atom. The Labute approximate surface area is 119 Å². The highest BCUT2D eigenvalue weighted by atomic mass is 14.6. The van der Waals surface area contributed by atoms with Crippen molar-refractivity contribution >= 4 is 0 Å². The second-order valence-electron chi connectivity index (χ2n) is 8.04. The molecule has 0 heteroatoms. The molecule has 0 radical (unpaired) electrons. The molecule has 0 nitrogen and oxygen atoms in total. The standard InChI is InChI=1S/C19H30/c1-13-10-11-18-16-8-3-2-6-14(16)15-7-4-5-9-17(15)19(18)12-13/h14-19H,1-12H2/t14-,15-,16+,17+,18-,19-/m1/s1. The monoisotopic (exact) mass is 258 g/mol. The first kappa shape index (κ1) is 12.5. The van der Waals surface area contributed by atoms with Crippen LogP contribution in [0.1, 0.15) is 70.6 Å². The molecule has 0 bridgehead atoms. The van der Waals surface area contributed by atoms with Crippen molar-refractivity contribution in [3.63, 3.8) is 0 Å². The highest BCUT2D eigenvalue weighted by molar-refractivity contribution is 5.09. The molecule has 4 rings (SSSR count). The van der Waals surface area contributed by atoms with Gasteiger partial charge in [-0.1, -0.05) is 37.8 Å². The Bertz CT molecular complexity index is 341. The smallest absolute Gasteiger partial charge is 0.0289 e. The van der Waals surface area contributed by atoms with Crippen molar-refractivity contribution < 1.29 is 0 Å². The topological polar surface area (TPSA) is 0 Å². The lowest BCUT2D eigenvalue weighted by Crippen LogP contribution is -2.49. The summed E-state index contributed by atoms with van der Waals surface area (Å²) >= 11 is 0. The first-order valence-corrected chi connectivity index (χ1v) is 9.01. The van der Waals surface area contributed by atoms with Gasteiger partial charge in [0.15, 0.2) is 0 Å². The van der Waals surface area contributed by atoms with Gasteiger partial charge in [0.2, 0.25) is 0 Å². The lowest BCUT2D eigenvalue weighted by atomic mass is 9.48. The fourth-order valence-corrected chi connectivity index (χ4v) is 6.67. The minimum absolute atomic E-state index is 1.05. The van der Waals surface area contributed by atoms with Gasteiger partial charge in [-0.2, -0.15) is 0 Å². The number of rotatable bonds is 0. The first-order valence-electron chi connectivity index (χ1n) is 9.01. The second-order valence-corrected chi connectivity index (χ2v) is 8.04. The molecule has 0 unspecified atom stereocenters. The molecule has 6 atom stereocenters. The van der Waals surface area contributed by atoms with E-state index in [2.05, 4.69) is 6.58 Å². The van der Waals surface area contributed by atoms with Crippen molar-refractivity contribution in [1.29, 1.82) is 0 Å². The van der Waals surface area contributed by atoms with Crippen LogP contribution in [0, 0.1) is 35.5 Å². The van der Waals surface area contributed by atoms with E-state index in [1.807, 2.05) is 0 Å². The lowest BCUT2D eigenvalue weighted by Gasteiger charge is -2.57. The zero-order valence-corrected chi connectivity index (χ0v) is 12.4. The summed E-state index contributed by atoms with van der Waals surface area (Å²) in [6.45, 7) is 4.35. The third-order valence-corrected chi connectivity index (χ3v) is 7.31. The second kappa shape index (κ2) is 4.93. The summed E-state index contributed by atoms with van der Waals surface area (Å²) in [6.07, 6.45) is 16.6. The van der Waals surface area contributed by atoms with E-state index in [-0.39, 0.29) is 0 Å². The third-order valence-electron chi connectivity index (χ3n) is 7.31. The molecular weight excluding hydrogens is 228 g/mol. The SMILES string of the molecule is C=C1CC[C@@H]2[C@H]3CCCC[C@@H]3[C@H]3CCCC[C@@H]3[C@H]2C1. The molecule has 4 fully saturated rings. The van der Waals surface area contributed by atoms with Crippen LogP contribution in [0.15, 0.2) is 12.2 Å². The average Bonchev–Trinajstić information content (AvgIpc) is 2.47. The van der Waals surface area contributed by atoms with Gasteiger partial charge < -0.3 is 0 Å². The maximum Gasteiger partial charge on any atom is -0.0289 e. The molecule has 4 aliphatic carbocycles. The van der Waals surface area contributed by atoms with Crippen LogP contribution in [0.2, 0.25) is 0 Å². The van der Waals surface area contributed by atoms with E-state index in [0.29, 0.717) is 0 Å². The quantitative estimate of drug-likeness (QED) is 0.497. The van der Waals surface area contributed by atoms with Gasteiger partial charge in [0.25, 0.3) is 0 Å². The minimum Gasteiger partial charge on any atom is -0.0999 e. The van der Waals surface area contributed by atoms with Crippen LogP contribution >= 0.6 is 0 Å². The van der Waals surface area contributed by atoms with Crippen molar-refractivity contribution in [2.24, 2.45) is 35.5 Å². The number of allylic oxidation sites excluding steroid dienone is 1. The van der Waals surface area contributed by atoms with E-state index in [4.69, 9.17) is 0 Å². The van der Waals surface area contributed by atoms with Gasteiger partial charge in [-0.05, 0) is 80.5 Å². The van der Waals surface area contributed by atoms with E-state index in [1.54, 1.807) is 31.3 Å². The summed E-state index contributed by atoms with van der Waals surface area (Å²) in [7, 11) is 0. The molecule has 4 saturated carbocycles. The third kappa shape index (κ3) is 2.01. The lowest BCUT2D eigenvalue weighted by molar-refractivity contribution is -0.0707. The zero-order chi connectivity index (χ0) is 12.8. The van der Waals surface area contributed by atoms with Gasteiger partial charge in [0.1, 0.15) is 0 Å². The van der Waals surface area contributed by atoms with Crippen LogP contribution in [0.5, 0.6) is 0 Å². The summed E-state index contributed by atoms with van der Waals surface area (Å²) in [6, 6.07) is 0. The summed E-state index contributed by atoms with van der Waals surface area (Å²) < 4.78 is 0. The van der Waals surface area contributed by atoms with Crippen molar-refractivity contribution in [3.05, 3.63) is 12.2 Å². The normalized spacial score (nSPS) is 50.0. The highest BCUT2D eigenvalue weighted by Gasteiger charge is 2.51. The van der Waals surface area contributed by atoms with Gasteiger partial charge in [-0.25, -0.2) is 0 Å². The summed E-state index contributed by atoms with van der Waals surface area (Å²) in [5.41, 5.74) is 1.58. The molecule has 0 aromatic rings. The van der Waals surface area contributed by atoms with Crippen LogP contribution in [-0.4, -0.2) is 0 Å². The Kier molecular flexibility index (Phi) is 3.24. The van der Waals surface area contributed by atoms with Crippen molar-refractivity contribution in [2.45, 2.75) is 70.6 Å². The molecule has 0 amide bonds. The maximum absolute atomic E-state index is 4.35. The van der Waals surface area contributed by atoms with Gasteiger partial charge >= 0.3 is 0 Å². The largest absolute Gasteiger partial charge is 0.0999 e.